The molecule has 0 saturated carbocycles. The van der Waals surface area contributed by atoms with Crippen molar-refractivity contribution >= 4 is 11.9 Å². The predicted octanol–water partition coefficient (Wildman–Crippen LogP) is 5.93. The average molecular weight is 420 g/mol. The number of furan rings is 1. The van der Waals surface area contributed by atoms with Crippen LogP contribution in [-0.4, -0.2) is 23.8 Å². The lowest BCUT2D eigenvalue weighted by molar-refractivity contribution is -0.117. The number of carbonyl (C=O) groups is 1. The lowest BCUT2D eigenvalue weighted by Crippen LogP contribution is -2.52. The molecule has 32 heavy (non-hydrogen) atoms. The van der Waals surface area contributed by atoms with Crippen molar-refractivity contribution in [2.24, 2.45) is 0 Å². The Morgan fingerprint density at radius 2 is 1.28 bits per heavy atom. The van der Waals surface area contributed by atoms with E-state index in [1.807, 2.05) is 30.3 Å². The molecule has 0 unspecified atom stereocenters. The summed E-state index contributed by atoms with van der Waals surface area (Å²) in [5.41, 5.74) is 4.78. The monoisotopic (exact) mass is 419 g/mol. The molecule has 0 atom stereocenters. The number of piperidine rings is 1. The lowest BCUT2D eigenvalue weighted by atomic mass is 9.74. The molecule has 1 aromatic heterocycles. The summed E-state index contributed by atoms with van der Waals surface area (Å²) in [6, 6.07) is 33.7. The molecule has 3 nitrogen and oxygen atoms in total. The van der Waals surface area contributed by atoms with Crippen molar-refractivity contribution in [2.75, 3.05) is 13.1 Å². The van der Waals surface area contributed by atoms with E-state index in [9.17, 15) is 4.79 Å². The molecule has 3 aromatic carbocycles. The molecule has 1 aliphatic heterocycles. The average Bonchev–Trinajstić information content (AvgIpc) is 3.37. The number of Topliss-reactive ketones (excluding diaryl/α,β-unsaturated/α-hetero) is 1. The molecule has 0 bridgehead atoms. The van der Waals surface area contributed by atoms with Crippen LogP contribution in [-0.2, 0) is 10.3 Å². The summed E-state index contributed by atoms with van der Waals surface area (Å²) < 4.78 is 5.22. The van der Waals surface area contributed by atoms with E-state index < -0.39 is 5.54 Å². The van der Waals surface area contributed by atoms with Crippen LogP contribution in [0, 0.1) is 0 Å². The standard InChI is InChI=1S/C29H25NO2/c31-28-16-18-30(21-24(28)20-23-17-19-32-22-23)29(25-10-4-1-5-11-25,26-12-6-2-7-13-26)27-14-8-3-9-15-27/h1-15,17,19-20,22H,16,18,21H2/b24-20-. The Morgan fingerprint density at radius 3 is 1.75 bits per heavy atom. The van der Waals surface area contributed by atoms with Gasteiger partial charge in [0.05, 0.1) is 18.1 Å². The largest absolute Gasteiger partial charge is 0.472 e. The molecule has 4 aromatic rings. The van der Waals surface area contributed by atoms with Gasteiger partial charge in [0, 0.05) is 30.6 Å². The minimum Gasteiger partial charge on any atom is -0.472 e. The fraction of sp³-hybridized carbons (Fsp3) is 0.138. The highest BCUT2D eigenvalue weighted by atomic mass is 16.3. The van der Waals surface area contributed by atoms with Gasteiger partial charge in [-0.2, -0.15) is 0 Å². The Labute approximate surface area is 188 Å². The van der Waals surface area contributed by atoms with Gasteiger partial charge in [-0.3, -0.25) is 9.69 Å². The smallest absolute Gasteiger partial charge is 0.161 e. The Hall–Kier alpha value is -3.69. The van der Waals surface area contributed by atoms with Gasteiger partial charge in [-0.25, -0.2) is 0 Å². The maximum absolute atomic E-state index is 12.9. The van der Waals surface area contributed by atoms with Crippen LogP contribution in [0.15, 0.2) is 120 Å². The SMILES string of the molecule is O=C1CCN(C(c2ccccc2)(c2ccccc2)c2ccccc2)C/C1=C/c1ccoc1. The van der Waals surface area contributed by atoms with Crippen molar-refractivity contribution < 1.29 is 9.21 Å². The van der Waals surface area contributed by atoms with Crippen molar-refractivity contribution in [3.63, 3.8) is 0 Å². The van der Waals surface area contributed by atoms with E-state index in [1.54, 1.807) is 12.5 Å². The van der Waals surface area contributed by atoms with Gasteiger partial charge in [0.25, 0.3) is 0 Å². The third-order valence-electron chi connectivity index (χ3n) is 6.26. The number of hydrogen-bond donors (Lipinski definition) is 0. The molecule has 0 N–H and O–H groups in total. The highest BCUT2D eigenvalue weighted by molar-refractivity contribution is 6.00. The molecule has 5 rings (SSSR count). The van der Waals surface area contributed by atoms with Gasteiger partial charge >= 0.3 is 0 Å². The third-order valence-corrected chi connectivity index (χ3v) is 6.26. The second-order valence-electron chi connectivity index (χ2n) is 8.13. The van der Waals surface area contributed by atoms with Crippen LogP contribution in [0.4, 0.5) is 0 Å². The first-order valence-electron chi connectivity index (χ1n) is 11.0. The second kappa shape index (κ2) is 8.81. The molecule has 158 valence electrons. The normalized spacial score (nSPS) is 16.4. The summed E-state index contributed by atoms with van der Waals surface area (Å²) in [6.07, 6.45) is 5.76. The number of hydrogen-bond acceptors (Lipinski definition) is 3. The van der Waals surface area contributed by atoms with Crippen molar-refractivity contribution in [3.05, 3.63) is 137 Å². The molecule has 1 fully saturated rings. The van der Waals surface area contributed by atoms with Crippen LogP contribution in [0.5, 0.6) is 0 Å². The van der Waals surface area contributed by atoms with Crippen molar-refractivity contribution in [2.45, 2.75) is 12.0 Å². The Morgan fingerprint density at radius 1 is 0.750 bits per heavy atom. The molecule has 2 heterocycles. The predicted molar refractivity (Wildman–Crippen MR) is 127 cm³/mol. The quantitative estimate of drug-likeness (QED) is 0.297. The number of carbonyl (C=O) groups excluding carboxylic acids is 1. The summed E-state index contributed by atoms with van der Waals surface area (Å²) in [7, 11) is 0. The zero-order valence-electron chi connectivity index (χ0n) is 17.9. The van der Waals surface area contributed by atoms with Crippen LogP contribution >= 0.6 is 0 Å². The van der Waals surface area contributed by atoms with Gasteiger partial charge in [-0.15, -0.1) is 0 Å². The van der Waals surface area contributed by atoms with E-state index in [4.69, 9.17) is 4.42 Å². The second-order valence-corrected chi connectivity index (χ2v) is 8.13. The van der Waals surface area contributed by atoms with Gasteiger partial charge in [-0.05, 0) is 28.8 Å². The van der Waals surface area contributed by atoms with Crippen LogP contribution in [0.3, 0.4) is 0 Å². The van der Waals surface area contributed by atoms with E-state index in [0.717, 1.165) is 11.1 Å². The molecule has 0 amide bonds. The maximum Gasteiger partial charge on any atom is 0.161 e. The van der Waals surface area contributed by atoms with Crippen LogP contribution in [0.2, 0.25) is 0 Å². The molecule has 1 saturated heterocycles. The maximum atomic E-state index is 12.9. The van der Waals surface area contributed by atoms with Crippen LogP contribution in [0.25, 0.3) is 6.08 Å². The number of nitrogens with zero attached hydrogens (tertiary/aromatic N) is 1. The number of ketones is 1. The minimum absolute atomic E-state index is 0.200. The summed E-state index contributed by atoms with van der Waals surface area (Å²) >= 11 is 0. The fourth-order valence-electron chi connectivity index (χ4n) is 4.83. The van der Waals surface area contributed by atoms with Gasteiger partial charge < -0.3 is 4.42 Å². The zero-order valence-corrected chi connectivity index (χ0v) is 17.9. The van der Waals surface area contributed by atoms with Gasteiger partial charge in [-0.1, -0.05) is 91.0 Å². The number of rotatable bonds is 5. The summed E-state index contributed by atoms with van der Waals surface area (Å²) in [5, 5.41) is 0. The van der Waals surface area contributed by atoms with Gasteiger partial charge in [0.1, 0.15) is 0 Å². The first kappa shape index (κ1) is 20.2. The van der Waals surface area contributed by atoms with E-state index in [2.05, 4.69) is 77.7 Å². The topological polar surface area (TPSA) is 33.5 Å². The molecule has 3 heteroatoms. The Balaban J connectivity index is 1.72. The van der Waals surface area contributed by atoms with Crippen molar-refractivity contribution in [1.29, 1.82) is 0 Å². The lowest BCUT2D eigenvalue weighted by Gasteiger charge is -2.47. The number of likely N-dealkylation sites (tertiary alicyclic amines) is 1. The van der Waals surface area contributed by atoms with Gasteiger partial charge in [0.2, 0.25) is 0 Å². The van der Waals surface area contributed by atoms with E-state index >= 15 is 0 Å². The summed E-state index contributed by atoms with van der Waals surface area (Å²) in [5.74, 6) is 0.200. The van der Waals surface area contributed by atoms with Crippen LogP contribution in [0.1, 0.15) is 28.7 Å². The Bertz CT molecular complexity index is 1100. The summed E-state index contributed by atoms with van der Waals surface area (Å²) in [4.78, 5) is 15.3. The highest BCUT2D eigenvalue weighted by Gasteiger charge is 2.44. The van der Waals surface area contributed by atoms with Crippen molar-refractivity contribution in [1.82, 2.24) is 4.90 Å². The molecule has 1 aliphatic rings. The molecule has 0 aliphatic carbocycles. The van der Waals surface area contributed by atoms with Crippen LogP contribution < -0.4 is 0 Å². The number of benzene rings is 3. The van der Waals surface area contributed by atoms with E-state index in [-0.39, 0.29) is 5.78 Å². The van der Waals surface area contributed by atoms with Crippen molar-refractivity contribution in [3.8, 4) is 0 Å². The van der Waals surface area contributed by atoms with E-state index in [1.165, 1.54) is 16.7 Å². The molecular formula is C29H25NO2. The molecular weight excluding hydrogens is 394 g/mol. The zero-order chi connectivity index (χ0) is 21.8. The van der Waals surface area contributed by atoms with E-state index in [0.29, 0.717) is 19.5 Å². The van der Waals surface area contributed by atoms with Gasteiger partial charge in [0.15, 0.2) is 5.78 Å². The fourth-order valence-corrected chi connectivity index (χ4v) is 4.83. The molecule has 0 spiro atoms. The Kier molecular flexibility index (Phi) is 5.57. The summed E-state index contributed by atoms with van der Waals surface area (Å²) in [6.45, 7) is 1.24. The first-order valence-corrected chi connectivity index (χ1v) is 11.0. The first-order chi connectivity index (χ1) is 15.8. The highest BCUT2D eigenvalue weighted by Crippen LogP contribution is 2.43. The third kappa shape index (κ3) is 3.61. The molecule has 0 radical (unpaired) electrons. The minimum atomic E-state index is -0.514.